The van der Waals surface area contributed by atoms with Gasteiger partial charge in [0, 0.05) is 38.3 Å². The number of hydrogen-bond acceptors (Lipinski definition) is 3. The van der Waals surface area contributed by atoms with E-state index in [0.717, 1.165) is 0 Å². The SMILES string of the molecule is CC(C)C1NC(=O)CCN(CCn2ccccc2=O)C1=O. The van der Waals surface area contributed by atoms with Gasteiger partial charge in [0.15, 0.2) is 0 Å². The zero-order valence-electron chi connectivity index (χ0n) is 12.4. The van der Waals surface area contributed by atoms with Crippen molar-refractivity contribution in [3.8, 4) is 0 Å². The van der Waals surface area contributed by atoms with Gasteiger partial charge in [-0.3, -0.25) is 14.4 Å². The smallest absolute Gasteiger partial charge is 0.250 e. The van der Waals surface area contributed by atoms with Crippen LogP contribution in [-0.2, 0) is 16.1 Å². The molecule has 21 heavy (non-hydrogen) atoms. The second-order valence-corrected chi connectivity index (χ2v) is 5.60. The molecule has 1 aromatic rings. The second-order valence-electron chi connectivity index (χ2n) is 5.60. The van der Waals surface area contributed by atoms with E-state index in [1.54, 1.807) is 27.8 Å². The molecule has 0 spiro atoms. The molecule has 1 aliphatic rings. The molecule has 1 unspecified atom stereocenters. The van der Waals surface area contributed by atoms with Crippen LogP contribution in [0.5, 0.6) is 0 Å². The fourth-order valence-corrected chi connectivity index (χ4v) is 2.40. The van der Waals surface area contributed by atoms with E-state index in [2.05, 4.69) is 5.32 Å². The van der Waals surface area contributed by atoms with Gasteiger partial charge in [-0.25, -0.2) is 0 Å². The Kier molecular flexibility index (Phi) is 4.77. The molecule has 1 fully saturated rings. The number of rotatable bonds is 4. The van der Waals surface area contributed by atoms with Crippen LogP contribution in [-0.4, -0.2) is 40.4 Å². The van der Waals surface area contributed by atoms with Crippen LogP contribution in [0.1, 0.15) is 20.3 Å². The standard InChI is InChI=1S/C15H21N3O3/c1-11(2)14-15(21)18(8-6-12(19)16-14)10-9-17-7-4-3-5-13(17)20/h3-5,7,11,14H,6,8-10H2,1-2H3,(H,16,19). The van der Waals surface area contributed by atoms with Gasteiger partial charge in [-0.1, -0.05) is 19.9 Å². The van der Waals surface area contributed by atoms with Crippen molar-refractivity contribution in [1.82, 2.24) is 14.8 Å². The van der Waals surface area contributed by atoms with E-state index in [0.29, 0.717) is 26.1 Å². The summed E-state index contributed by atoms with van der Waals surface area (Å²) >= 11 is 0. The molecule has 1 aromatic heterocycles. The van der Waals surface area contributed by atoms with Crippen molar-refractivity contribution in [2.24, 2.45) is 5.92 Å². The largest absolute Gasteiger partial charge is 0.344 e. The Balaban J connectivity index is 2.07. The molecule has 0 radical (unpaired) electrons. The summed E-state index contributed by atoms with van der Waals surface area (Å²) in [5.74, 6) is -0.122. The van der Waals surface area contributed by atoms with Crippen molar-refractivity contribution >= 4 is 11.8 Å². The third kappa shape index (κ3) is 3.71. The van der Waals surface area contributed by atoms with E-state index in [1.807, 2.05) is 13.8 Å². The molecule has 2 rings (SSSR count). The number of carbonyl (C=O) groups is 2. The molecular formula is C15H21N3O3. The molecule has 2 amide bonds. The van der Waals surface area contributed by atoms with Crippen molar-refractivity contribution in [2.45, 2.75) is 32.9 Å². The summed E-state index contributed by atoms with van der Waals surface area (Å²) in [7, 11) is 0. The fourth-order valence-electron chi connectivity index (χ4n) is 2.40. The summed E-state index contributed by atoms with van der Waals surface area (Å²) in [6.45, 7) is 5.09. The minimum absolute atomic E-state index is 0.0431. The minimum atomic E-state index is -0.479. The van der Waals surface area contributed by atoms with Crippen molar-refractivity contribution in [1.29, 1.82) is 0 Å². The lowest BCUT2D eigenvalue weighted by Gasteiger charge is -2.26. The predicted octanol–water partition coefficient (Wildman–Crippen LogP) is 0.221. The Morgan fingerprint density at radius 1 is 1.24 bits per heavy atom. The lowest BCUT2D eigenvalue weighted by atomic mass is 10.0. The highest BCUT2D eigenvalue weighted by molar-refractivity contribution is 5.90. The van der Waals surface area contributed by atoms with Crippen LogP contribution in [0.4, 0.5) is 0 Å². The van der Waals surface area contributed by atoms with Crippen LogP contribution in [0.3, 0.4) is 0 Å². The van der Waals surface area contributed by atoms with E-state index in [1.165, 1.54) is 6.07 Å². The van der Waals surface area contributed by atoms with Crippen LogP contribution in [0.15, 0.2) is 29.2 Å². The summed E-state index contributed by atoms with van der Waals surface area (Å²) in [5, 5.41) is 2.77. The third-order valence-corrected chi connectivity index (χ3v) is 3.68. The number of carbonyl (C=O) groups excluding carboxylic acids is 2. The monoisotopic (exact) mass is 291 g/mol. The van der Waals surface area contributed by atoms with Gasteiger partial charge >= 0.3 is 0 Å². The maximum absolute atomic E-state index is 12.5. The van der Waals surface area contributed by atoms with Gasteiger partial charge in [0.25, 0.3) is 5.56 Å². The number of pyridine rings is 1. The molecule has 0 aliphatic carbocycles. The highest BCUT2D eigenvalue weighted by atomic mass is 16.2. The first-order valence-corrected chi connectivity index (χ1v) is 7.22. The van der Waals surface area contributed by atoms with Crippen LogP contribution >= 0.6 is 0 Å². The molecule has 1 aliphatic heterocycles. The van der Waals surface area contributed by atoms with Gasteiger partial charge in [0.2, 0.25) is 11.8 Å². The van der Waals surface area contributed by atoms with Crippen molar-refractivity contribution in [3.05, 3.63) is 34.7 Å². The zero-order valence-corrected chi connectivity index (χ0v) is 12.4. The Hall–Kier alpha value is -2.11. The topological polar surface area (TPSA) is 71.4 Å². The van der Waals surface area contributed by atoms with Crippen LogP contribution < -0.4 is 10.9 Å². The summed E-state index contributed by atoms with van der Waals surface area (Å²) < 4.78 is 1.57. The average molecular weight is 291 g/mol. The normalized spacial score (nSPS) is 19.6. The quantitative estimate of drug-likeness (QED) is 0.862. The van der Waals surface area contributed by atoms with Gasteiger partial charge in [-0.15, -0.1) is 0 Å². The first-order chi connectivity index (χ1) is 9.99. The fraction of sp³-hybridized carbons (Fsp3) is 0.533. The maximum atomic E-state index is 12.5. The summed E-state index contributed by atoms with van der Waals surface area (Å²) in [6, 6.07) is 4.49. The number of nitrogens with zero attached hydrogens (tertiary/aromatic N) is 2. The van der Waals surface area contributed by atoms with Gasteiger partial charge in [-0.2, -0.15) is 0 Å². The van der Waals surface area contributed by atoms with Gasteiger partial charge in [-0.05, 0) is 12.0 Å². The molecule has 0 saturated carbocycles. The van der Waals surface area contributed by atoms with Crippen LogP contribution in [0.25, 0.3) is 0 Å². The number of nitrogens with one attached hydrogen (secondary N) is 1. The van der Waals surface area contributed by atoms with Gasteiger partial charge < -0.3 is 14.8 Å². The van der Waals surface area contributed by atoms with Gasteiger partial charge in [0.05, 0.1) is 0 Å². The summed E-state index contributed by atoms with van der Waals surface area (Å²) in [5.41, 5.74) is -0.0885. The Labute approximate surface area is 123 Å². The molecular weight excluding hydrogens is 270 g/mol. The van der Waals surface area contributed by atoms with Gasteiger partial charge in [0.1, 0.15) is 6.04 Å². The Morgan fingerprint density at radius 2 is 2.00 bits per heavy atom. The van der Waals surface area contributed by atoms with Crippen molar-refractivity contribution in [2.75, 3.05) is 13.1 Å². The van der Waals surface area contributed by atoms with Crippen LogP contribution in [0, 0.1) is 5.92 Å². The van der Waals surface area contributed by atoms with Crippen LogP contribution in [0.2, 0.25) is 0 Å². The molecule has 114 valence electrons. The molecule has 6 nitrogen and oxygen atoms in total. The number of hydrogen-bond donors (Lipinski definition) is 1. The first kappa shape index (κ1) is 15.3. The van der Waals surface area contributed by atoms with E-state index in [9.17, 15) is 14.4 Å². The predicted molar refractivity (Wildman–Crippen MR) is 78.7 cm³/mol. The molecule has 0 aromatic carbocycles. The van der Waals surface area contributed by atoms with E-state index >= 15 is 0 Å². The first-order valence-electron chi connectivity index (χ1n) is 7.22. The zero-order chi connectivity index (χ0) is 15.4. The number of aromatic nitrogens is 1. The van der Waals surface area contributed by atoms with E-state index in [4.69, 9.17) is 0 Å². The van der Waals surface area contributed by atoms with E-state index < -0.39 is 6.04 Å². The van der Waals surface area contributed by atoms with Crippen molar-refractivity contribution in [3.63, 3.8) is 0 Å². The lowest BCUT2D eigenvalue weighted by molar-refractivity contribution is -0.134. The molecule has 1 saturated heterocycles. The summed E-state index contributed by atoms with van der Waals surface area (Å²) in [6.07, 6.45) is 2.01. The molecule has 6 heteroatoms. The highest BCUT2D eigenvalue weighted by Gasteiger charge is 2.31. The molecule has 1 atom stereocenters. The Morgan fingerprint density at radius 3 is 2.67 bits per heavy atom. The minimum Gasteiger partial charge on any atom is -0.344 e. The van der Waals surface area contributed by atoms with Crippen molar-refractivity contribution < 1.29 is 9.59 Å². The van der Waals surface area contributed by atoms with E-state index in [-0.39, 0.29) is 23.3 Å². The second kappa shape index (κ2) is 6.56. The number of amides is 2. The highest BCUT2D eigenvalue weighted by Crippen LogP contribution is 2.11. The lowest BCUT2D eigenvalue weighted by Crippen LogP contribution is -2.48. The third-order valence-electron chi connectivity index (χ3n) is 3.68. The Bertz CT molecular complexity index is 580. The maximum Gasteiger partial charge on any atom is 0.250 e. The summed E-state index contributed by atoms with van der Waals surface area (Å²) in [4.78, 5) is 37.5. The average Bonchev–Trinajstić information content (AvgIpc) is 2.58. The molecule has 0 bridgehead atoms. The molecule has 1 N–H and O–H groups in total. The molecule has 2 heterocycles.